The van der Waals surface area contributed by atoms with Crippen molar-refractivity contribution in [2.75, 3.05) is 32.0 Å². The van der Waals surface area contributed by atoms with E-state index in [1.165, 1.54) is 31.3 Å². The molecule has 9 nitrogen and oxygen atoms in total. The minimum atomic E-state index is -3.72. The summed E-state index contributed by atoms with van der Waals surface area (Å²) < 4.78 is 33.3. The summed E-state index contributed by atoms with van der Waals surface area (Å²) in [6, 6.07) is 1.32. The predicted octanol–water partition coefficient (Wildman–Crippen LogP) is 1.83. The van der Waals surface area contributed by atoms with Crippen LogP contribution in [0.15, 0.2) is 16.7 Å². The van der Waals surface area contributed by atoms with Gasteiger partial charge in [0.1, 0.15) is 12.3 Å². The molecule has 0 spiro atoms. The van der Waals surface area contributed by atoms with Gasteiger partial charge in [0, 0.05) is 30.8 Å². The Balaban J connectivity index is 2.87. The van der Waals surface area contributed by atoms with E-state index in [2.05, 4.69) is 25.6 Å². The third kappa shape index (κ3) is 5.80. The highest BCUT2D eigenvalue weighted by Gasteiger charge is 2.19. The van der Waals surface area contributed by atoms with E-state index in [9.17, 15) is 13.2 Å². The highest BCUT2D eigenvalue weighted by molar-refractivity contribution is 9.10. The van der Waals surface area contributed by atoms with Crippen LogP contribution in [0.2, 0.25) is 0 Å². The Labute approximate surface area is 149 Å². The normalized spacial score (nSPS) is 11.6. The zero-order chi connectivity index (χ0) is 18.5. The minimum Gasteiger partial charge on any atom is -0.474 e. The van der Waals surface area contributed by atoms with Crippen molar-refractivity contribution in [2.45, 2.75) is 19.9 Å². The lowest BCUT2D eigenvalue weighted by atomic mass is 10.3. The Morgan fingerprint density at radius 2 is 2.08 bits per heavy atom. The number of pyridine rings is 1. The van der Waals surface area contributed by atoms with Crippen molar-refractivity contribution in [1.82, 2.24) is 14.2 Å². The third-order valence-corrected chi connectivity index (χ3v) is 4.85. The molecule has 0 bridgehead atoms. The van der Waals surface area contributed by atoms with E-state index in [1.54, 1.807) is 13.8 Å². The van der Waals surface area contributed by atoms with E-state index in [0.717, 1.165) is 4.31 Å². The smallest absolute Gasteiger partial charge is 0.407 e. The standard InChI is InChI=1S/C13H21BrN4O5S/c1-9(2)18(13(19)20)5-6-23-12-11(7-10(14)8-15-12)16-24(21,22)17(3)4/h7-9,16H,5-6H2,1-4H3,(H,19,20). The molecule has 0 aliphatic rings. The third-order valence-electron chi connectivity index (χ3n) is 2.98. The molecule has 0 radical (unpaired) electrons. The zero-order valence-corrected chi connectivity index (χ0v) is 16.3. The number of aromatic nitrogens is 1. The fourth-order valence-electron chi connectivity index (χ4n) is 1.66. The summed E-state index contributed by atoms with van der Waals surface area (Å²) in [4.78, 5) is 16.3. The molecule has 1 aromatic heterocycles. The first-order valence-corrected chi connectivity index (χ1v) is 9.26. The first-order valence-electron chi connectivity index (χ1n) is 7.02. The SMILES string of the molecule is CC(C)N(CCOc1ncc(Br)cc1NS(=O)(=O)N(C)C)C(=O)O. The van der Waals surface area contributed by atoms with E-state index >= 15 is 0 Å². The molecule has 0 unspecified atom stereocenters. The molecule has 1 aromatic rings. The second-order valence-corrected chi connectivity index (χ2v) is 8.11. The van der Waals surface area contributed by atoms with Crippen LogP contribution in [-0.4, -0.2) is 67.1 Å². The van der Waals surface area contributed by atoms with Crippen molar-refractivity contribution in [3.8, 4) is 5.88 Å². The van der Waals surface area contributed by atoms with Gasteiger partial charge in [-0.15, -0.1) is 0 Å². The van der Waals surface area contributed by atoms with Gasteiger partial charge >= 0.3 is 16.3 Å². The second kappa shape index (κ2) is 8.49. The van der Waals surface area contributed by atoms with Crippen LogP contribution < -0.4 is 9.46 Å². The number of halogens is 1. The van der Waals surface area contributed by atoms with Gasteiger partial charge in [0.15, 0.2) is 0 Å². The van der Waals surface area contributed by atoms with Gasteiger partial charge in [0.05, 0.1) is 6.54 Å². The van der Waals surface area contributed by atoms with Crippen LogP contribution in [0.5, 0.6) is 5.88 Å². The highest BCUT2D eigenvalue weighted by Crippen LogP contribution is 2.26. The molecule has 0 aromatic carbocycles. The van der Waals surface area contributed by atoms with E-state index in [4.69, 9.17) is 9.84 Å². The lowest BCUT2D eigenvalue weighted by Gasteiger charge is -2.23. The zero-order valence-electron chi connectivity index (χ0n) is 13.9. The summed E-state index contributed by atoms with van der Waals surface area (Å²) in [6.07, 6.45) is 0.408. The summed E-state index contributed by atoms with van der Waals surface area (Å²) in [6.45, 7) is 3.67. The lowest BCUT2D eigenvalue weighted by Crippen LogP contribution is -2.38. The van der Waals surface area contributed by atoms with Gasteiger partial charge in [-0.3, -0.25) is 4.72 Å². The molecule has 136 valence electrons. The second-order valence-electron chi connectivity index (χ2n) is 5.31. The Morgan fingerprint density at radius 1 is 1.46 bits per heavy atom. The molecule has 1 rings (SSSR count). The molecule has 1 amide bonds. The average molecular weight is 425 g/mol. The van der Waals surface area contributed by atoms with Crippen molar-refractivity contribution in [3.05, 3.63) is 16.7 Å². The summed E-state index contributed by atoms with van der Waals surface area (Å²) >= 11 is 3.22. The fourth-order valence-corrected chi connectivity index (χ4v) is 2.60. The van der Waals surface area contributed by atoms with Crippen LogP contribution in [0.4, 0.5) is 10.5 Å². The molecule has 1 heterocycles. The van der Waals surface area contributed by atoms with Crippen LogP contribution in [0.25, 0.3) is 0 Å². The maximum Gasteiger partial charge on any atom is 0.407 e. The first kappa shape index (κ1) is 20.5. The fraction of sp³-hybridized carbons (Fsp3) is 0.538. The highest BCUT2D eigenvalue weighted by atomic mass is 79.9. The average Bonchev–Trinajstić information content (AvgIpc) is 2.44. The van der Waals surface area contributed by atoms with Crippen molar-refractivity contribution >= 4 is 37.9 Å². The molecule has 0 atom stereocenters. The number of amides is 1. The van der Waals surface area contributed by atoms with Crippen molar-refractivity contribution in [3.63, 3.8) is 0 Å². The van der Waals surface area contributed by atoms with E-state index in [-0.39, 0.29) is 30.8 Å². The molecular formula is C13H21BrN4O5S. The van der Waals surface area contributed by atoms with Gasteiger partial charge < -0.3 is 14.7 Å². The molecule has 0 fully saturated rings. The van der Waals surface area contributed by atoms with Crippen LogP contribution in [0, 0.1) is 0 Å². The Bertz CT molecular complexity index is 681. The number of anilines is 1. The number of hydrogen-bond acceptors (Lipinski definition) is 5. The number of nitrogens with zero attached hydrogens (tertiary/aromatic N) is 3. The quantitative estimate of drug-likeness (QED) is 0.657. The number of hydrogen-bond donors (Lipinski definition) is 2. The van der Waals surface area contributed by atoms with Gasteiger partial charge in [0.2, 0.25) is 5.88 Å². The number of rotatable bonds is 8. The summed E-state index contributed by atoms with van der Waals surface area (Å²) in [5.74, 6) is 0.0673. The van der Waals surface area contributed by atoms with Gasteiger partial charge in [-0.25, -0.2) is 9.78 Å². The molecule has 2 N–H and O–H groups in total. The summed E-state index contributed by atoms with van der Waals surface area (Å²) in [5.41, 5.74) is 0.157. The van der Waals surface area contributed by atoms with E-state index < -0.39 is 16.3 Å². The van der Waals surface area contributed by atoms with E-state index in [0.29, 0.717) is 4.47 Å². The van der Waals surface area contributed by atoms with Crippen LogP contribution in [-0.2, 0) is 10.2 Å². The molecule has 0 saturated carbocycles. The molecule has 0 aliphatic carbocycles. The van der Waals surface area contributed by atoms with Crippen molar-refractivity contribution < 1.29 is 23.1 Å². The van der Waals surface area contributed by atoms with Crippen LogP contribution >= 0.6 is 15.9 Å². The summed E-state index contributed by atoms with van der Waals surface area (Å²) in [7, 11) is -0.940. The van der Waals surface area contributed by atoms with Crippen molar-refractivity contribution in [2.24, 2.45) is 0 Å². The number of carboxylic acid groups (broad SMARTS) is 1. The topological polar surface area (TPSA) is 112 Å². The Morgan fingerprint density at radius 3 is 2.58 bits per heavy atom. The number of carbonyl (C=O) groups is 1. The van der Waals surface area contributed by atoms with Gasteiger partial charge in [-0.05, 0) is 35.8 Å². The minimum absolute atomic E-state index is 0.0375. The molecule has 11 heteroatoms. The van der Waals surface area contributed by atoms with Gasteiger partial charge in [-0.1, -0.05) is 0 Å². The number of ether oxygens (including phenoxy) is 1. The Kier molecular flexibility index (Phi) is 7.24. The monoisotopic (exact) mass is 424 g/mol. The first-order chi connectivity index (χ1) is 11.0. The largest absolute Gasteiger partial charge is 0.474 e. The Hall–Kier alpha value is -1.59. The van der Waals surface area contributed by atoms with Gasteiger partial charge in [-0.2, -0.15) is 12.7 Å². The van der Waals surface area contributed by atoms with Gasteiger partial charge in [0.25, 0.3) is 0 Å². The molecular weight excluding hydrogens is 404 g/mol. The lowest BCUT2D eigenvalue weighted by molar-refractivity contribution is 0.120. The van der Waals surface area contributed by atoms with Crippen LogP contribution in [0.3, 0.4) is 0 Å². The van der Waals surface area contributed by atoms with Crippen molar-refractivity contribution in [1.29, 1.82) is 0 Å². The summed E-state index contributed by atoms with van der Waals surface area (Å²) in [5, 5.41) is 9.10. The molecule has 24 heavy (non-hydrogen) atoms. The number of nitrogens with one attached hydrogen (secondary N) is 1. The maximum atomic E-state index is 12.0. The predicted molar refractivity (Wildman–Crippen MR) is 93.5 cm³/mol. The molecule has 0 aliphatic heterocycles. The van der Waals surface area contributed by atoms with E-state index in [1.807, 2.05) is 0 Å². The molecule has 0 saturated heterocycles. The maximum absolute atomic E-state index is 12.0. The van der Waals surface area contributed by atoms with Crippen LogP contribution in [0.1, 0.15) is 13.8 Å².